The van der Waals surface area contributed by atoms with Gasteiger partial charge in [0.15, 0.2) is 5.76 Å². The second-order valence-corrected chi connectivity index (χ2v) is 6.58. The third kappa shape index (κ3) is 4.45. The molecule has 0 spiro atoms. The molecule has 1 aliphatic rings. The zero-order valence-corrected chi connectivity index (χ0v) is 14.5. The first-order valence-corrected chi connectivity index (χ1v) is 8.58. The molecule has 5 heteroatoms. The van der Waals surface area contributed by atoms with E-state index in [1.165, 1.54) is 11.1 Å². The van der Waals surface area contributed by atoms with Crippen LogP contribution >= 0.6 is 0 Å². The van der Waals surface area contributed by atoms with Gasteiger partial charge >= 0.3 is 0 Å². The Hall–Kier alpha value is -2.14. The van der Waals surface area contributed by atoms with Crippen LogP contribution in [-0.4, -0.2) is 47.0 Å². The summed E-state index contributed by atoms with van der Waals surface area (Å²) in [6.45, 7) is 8.13. The van der Waals surface area contributed by atoms with E-state index in [0.29, 0.717) is 6.42 Å². The average molecular weight is 327 g/mol. The van der Waals surface area contributed by atoms with E-state index in [2.05, 4.69) is 41.2 Å². The molecule has 2 heterocycles. The summed E-state index contributed by atoms with van der Waals surface area (Å²) in [5.41, 5.74) is 3.40. The van der Waals surface area contributed by atoms with E-state index in [4.69, 9.17) is 4.52 Å². The molecule has 0 unspecified atom stereocenters. The Morgan fingerprint density at radius 1 is 1.17 bits per heavy atom. The molecule has 1 aliphatic heterocycles. The van der Waals surface area contributed by atoms with Crippen molar-refractivity contribution in [1.29, 1.82) is 0 Å². The minimum Gasteiger partial charge on any atom is -0.360 e. The van der Waals surface area contributed by atoms with Gasteiger partial charge in [-0.2, -0.15) is 0 Å². The van der Waals surface area contributed by atoms with E-state index in [1.54, 1.807) is 0 Å². The largest absolute Gasteiger partial charge is 0.360 e. The van der Waals surface area contributed by atoms with Crippen molar-refractivity contribution in [2.75, 3.05) is 26.2 Å². The van der Waals surface area contributed by atoms with Crippen molar-refractivity contribution < 1.29 is 9.32 Å². The summed E-state index contributed by atoms with van der Waals surface area (Å²) in [6, 6.07) is 10.4. The van der Waals surface area contributed by atoms with Crippen molar-refractivity contribution in [2.45, 2.75) is 33.2 Å². The summed E-state index contributed by atoms with van der Waals surface area (Å²) < 4.78 is 5.27. The lowest BCUT2D eigenvalue weighted by Gasteiger charge is -2.34. The number of nitrogens with zero attached hydrogens (tertiary/aromatic N) is 3. The Balaban J connectivity index is 1.43. The van der Waals surface area contributed by atoms with Gasteiger partial charge in [-0.05, 0) is 25.8 Å². The number of carbonyl (C=O) groups excluding carboxylic acids is 1. The van der Waals surface area contributed by atoms with Crippen molar-refractivity contribution in [3.05, 3.63) is 52.9 Å². The van der Waals surface area contributed by atoms with Gasteiger partial charge in [0.05, 0.1) is 12.2 Å². The number of carbonyl (C=O) groups is 1. The predicted octanol–water partition coefficient (Wildman–Crippen LogP) is 2.57. The molecule has 1 amide bonds. The fourth-order valence-electron chi connectivity index (χ4n) is 3.14. The van der Waals surface area contributed by atoms with E-state index < -0.39 is 0 Å². The predicted molar refractivity (Wildman–Crippen MR) is 92.6 cm³/mol. The molecule has 5 nitrogen and oxygen atoms in total. The second kappa shape index (κ2) is 7.62. The SMILES string of the molecule is Cc1cccc(CCC(=O)N2CCN(Cc3cc(C)no3)CC2)c1. The maximum Gasteiger partial charge on any atom is 0.222 e. The number of aromatic nitrogens is 1. The highest BCUT2D eigenvalue weighted by atomic mass is 16.5. The molecule has 1 fully saturated rings. The maximum atomic E-state index is 12.4. The molecule has 1 aromatic heterocycles. The van der Waals surface area contributed by atoms with Crippen LogP contribution < -0.4 is 0 Å². The summed E-state index contributed by atoms with van der Waals surface area (Å²) in [4.78, 5) is 16.7. The van der Waals surface area contributed by atoms with Gasteiger partial charge in [0.1, 0.15) is 0 Å². The highest BCUT2D eigenvalue weighted by molar-refractivity contribution is 5.76. The van der Waals surface area contributed by atoms with Crippen LogP contribution in [0.5, 0.6) is 0 Å². The van der Waals surface area contributed by atoms with Crippen molar-refractivity contribution in [3.63, 3.8) is 0 Å². The molecule has 3 rings (SSSR count). The summed E-state index contributed by atoms with van der Waals surface area (Å²) in [5.74, 6) is 1.15. The minimum absolute atomic E-state index is 0.256. The molecule has 0 bridgehead atoms. The molecule has 1 aromatic carbocycles. The molecule has 24 heavy (non-hydrogen) atoms. The normalized spacial score (nSPS) is 15.7. The fraction of sp³-hybridized carbons (Fsp3) is 0.474. The zero-order valence-electron chi connectivity index (χ0n) is 14.5. The molecule has 128 valence electrons. The van der Waals surface area contributed by atoms with Gasteiger partial charge in [0.2, 0.25) is 5.91 Å². The molecule has 1 saturated heterocycles. The van der Waals surface area contributed by atoms with Crippen LogP contribution in [0.15, 0.2) is 34.9 Å². The summed E-state index contributed by atoms with van der Waals surface area (Å²) in [5, 5.41) is 3.92. The summed E-state index contributed by atoms with van der Waals surface area (Å²) in [6.07, 6.45) is 1.41. The zero-order chi connectivity index (χ0) is 16.9. The smallest absolute Gasteiger partial charge is 0.222 e. The Kier molecular flexibility index (Phi) is 5.30. The van der Waals surface area contributed by atoms with Crippen LogP contribution in [0.25, 0.3) is 0 Å². The standard InChI is InChI=1S/C19H25N3O2/c1-15-4-3-5-17(12-15)6-7-19(23)22-10-8-21(9-11-22)14-18-13-16(2)20-24-18/h3-5,12-13H,6-11,14H2,1-2H3. The van der Waals surface area contributed by atoms with Gasteiger partial charge in [0, 0.05) is 38.7 Å². The molecule has 0 radical (unpaired) electrons. The molecule has 0 saturated carbocycles. The number of piperazine rings is 1. The lowest BCUT2D eigenvalue weighted by Crippen LogP contribution is -2.48. The quantitative estimate of drug-likeness (QED) is 0.847. The van der Waals surface area contributed by atoms with Gasteiger partial charge in [0.25, 0.3) is 0 Å². The number of amides is 1. The van der Waals surface area contributed by atoms with Crippen LogP contribution in [0.2, 0.25) is 0 Å². The van der Waals surface area contributed by atoms with E-state index in [1.807, 2.05) is 17.9 Å². The van der Waals surface area contributed by atoms with Gasteiger partial charge < -0.3 is 9.42 Å². The highest BCUT2D eigenvalue weighted by Crippen LogP contribution is 2.12. The Labute approximate surface area is 143 Å². The van der Waals surface area contributed by atoms with Gasteiger partial charge in [-0.15, -0.1) is 0 Å². The molecular formula is C19H25N3O2. The summed E-state index contributed by atoms with van der Waals surface area (Å²) >= 11 is 0. The Bertz CT molecular complexity index is 687. The third-order valence-corrected chi connectivity index (χ3v) is 4.49. The fourth-order valence-corrected chi connectivity index (χ4v) is 3.14. The van der Waals surface area contributed by atoms with Crippen LogP contribution in [0.4, 0.5) is 0 Å². The van der Waals surface area contributed by atoms with Crippen LogP contribution in [0.3, 0.4) is 0 Å². The van der Waals surface area contributed by atoms with Crippen molar-refractivity contribution >= 4 is 5.91 Å². The van der Waals surface area contributed by atoms with E-state index in [0.717, 1.165) is 50.6 Å². The van der Waals surface area contributed by atoms with Gasteiger partial charge in [-0.3, -0.25) is 9.69 Å². The van der Waals surface area contributed by atoms with E-state index in [-0.39, 0.29) is 5.91 Å². The summed E-state index contributed by atoms with van der Waals surface area (Å²) in [7, 11) is 0. The van der Waals surface area contributed by atoms with E-state index in [9.17, 15) is 4.79 Å². The highest BCUT2D eigenvalue weighted by Gasteiger charge is 2.21. The first-order valence-electron chi connectivity index (χ1n) is 8.58. The van der Waals surface area contributed by atoms with Gasteiger partial charge in [-0.25, -0.2) is 0 Å². The van der Waals surface area contributed by atoms with Gasteiger partial charge in [-0.1, -0.05) is 35.0 Å². The van der Waals surface area contributed by atoms with E-state index >= 15 is 0 Å². The monoisotopic (exact) mass is 327 g/mol. The van der Waals surface area contributed by atoms with Crippen molar-refractivity contribution in [3.8, 4) is 0 Å². The Morgan fingerprint density at radius 2 is 1.96 bits per heavy atom. The number of hydrogen-bond acceptors (Lipinski definition) is 4. The third-order valence-electron chi connectivity index (χ3n) is 4.49. The number of aryl methyl sites for hydroxylation is 3. The topological polar surface area (TPSA) is 49.6 Å². The lowest BCUT2D eigenvalue weighted by atomic mass is 10.1. The molecular weight excluding hydrogens is 302 g/mol. The number of benzene rings is 1. The first kappa shape index (κ1) is 16.7. The lowest BCUT2D eigenvalue weighted by molar-refractivity contribution is -0.133. The van der Waals surface area contributed by atoms with Crippen molar-refractivity contribution in [2.24, 2.45) is 0 Å². The average Bonchev–Trinajstić information content (AvgIpc) is 2.98. The second-order valence-electron chi connectivity index (χ2n) is 6.58. The maximum absolute atomic E-state index is 12.4. The Morgan fingerprint density at radius 3 is 2.62 bits per heavy atom. The molecule has 0 atom stereocenters. The molecule has 0 aliphatic carbocycles. The van der Waals surface area contributed by atoms with Crippen LogP contribution in [0, 0.1) is 13.8 Å². The minimum atomic E-state index is 0.256. The molecule has 2 aromatic rings. The number of hydrogen-bond donors (Lipinski definition) is 0. The number of rotatable bonds is 5. The molecule has 0 N–H and O–H groups in total. The van der Waals surface area contributed by atoms with Crippen LogP contribution in [-0.2, 0) is 17.8 Å². The van der Waals surface area contributed by atoms with Crippen LogP contribution in [0.1, 0.15) is 29.0 Å². The first-order chi connectivity index (χ1) is 11.6. The van der Waals surface area contributed by atoms with Crippen molar-refractivity contribution in [1.82, 2.24) is 15.0 Å².